The van der Waals surface area contributed by atoms with E-state index in [4.69, 9.17) is 4.74 Å². The van der Waals surface area contributed by atoms with Crippen LogP contribution in [-0.4, -0.2) is 50.1 Å². The van der Waals surface area contributed by atoms with Crippen LogP contribution < -0.4 is 10.6 Å². The fraction of sp³-hybridized carbons (Fsp3) is 0.429. The molecule has 1 aliphatic rings. The van der Waals surface area contributed by atoms with E-state index in [1.54, 1.807) is 28.2 Å². The van der Waals surface area contributed by atoms with Crippen LogP contribution in [0.2, 0.25) is 0 Å². The molecule has 2 rings (SSSR count). The Morgan fingerprint density at radius 2 is 1.33 bits per heavy atom. The molecule has 0 aromatic heterocycles. The number of hydrogen-bond acceptors (Lipinski definition) is 3. The summed E-state index contributed by atoms with van der Waals surface area (Å²) in [4.78, 5) is 26.6. The van der Waals surface area contributed by atoms with Crippen molar-refractivity contribution in [2.75, 3.05) is 28.2 Å². The molecule has 114 valence electrons. The van der Waals surface area contributed by atoms with Crippen molar-refractivity contribution in [3.05, 3.63) is 35.4 Å². The number of fused-ring (bicyclic) bond motifs is 1. The zero-order valence-electron chi connectivity index (χ0n) is 12.6. The van der Waals surface area contributed by atoms with Gasteiger partial charge in [-0.15, -0.1) is 0 Å². The fourth-order valence-corrected chi connectivity index (χ4v) is 2.39. The van der Waals surface area contributed by atoms with Gasteiger partial charge in [-0.3, -0.25) is 9.80 Å². The summed E-state index contributed by atoms with van der Waals surface area (Å²) in [6.07, 6.45) is -1.06. The number of benzene rings is 1. The zero-order chi connectivity index (χ0) is 15.6. The predicted octanol–water partition coefficient (Wildman–Crippen LogP) is 1.26. The van der Waals surface area contributed by atoms with Crippen LogP contribution in [0.1, 0.15) is 23.6 Å². The highest BCUT2D eigenvalue weighted by Crippen LogP contribution is 2.41. The van der Waals surface area contributed by atoms with Crippen molar-refractivity contribution in [1.29, 1.82) is 0 Å². The second-order valence-electron chi connectivity index (χ2n) is 4.80. The molecule has 0 spiro atoms. The van der Waals surface area contributed by atoms with Gasteiger partial charge in [-0.25, -0.2) is 9.59 Å². The first-order valence-corrected chi connectivity index (χ1v) is 6.64. The topological polar surface area (TPSA) is 73.9 Å². The smallest absolute Gasteiger partial charge is 0.319 e. The van der Waals surface area contributed by atoms with Gasteiger partial charge >= 0.3 is 12.1 Å². The number of nitrogens with zero attached hydrogens (tertiary/aromatic N) is 2. The number of nitrogens with one attached hydrogen (secondary N) is 2. The van der Waals surface area contributed by atoms with E-state index in [1.807, 2.05) is 24.3 Å². The number of carbonyl (C=O) groups excluding carboxylic acids is 2. The lowest BCUT2D eigenvalue weighted by Gasteiger charge is -2.28. The molecule has 0 saturated heterocycles. The molecule has 0 aliphatic carbocycles. The SMILES string of the molecule is CNC(=O)N(C)[C@@H]1O[C@H](N(C)C(=O)NC)c2ccccc21. The first kappa shape index (κ1) is 15.1. The van der Waals surface area contributed by atoms with Crippen LogP contribution in [0.15, 0.2) is 24.3 Å². The summed E-state index contributed by atoms with van der Waals surface area (Å²) in [7, 11) is 6.44. The minimum Gasteiger partial charge on any atom is -0.341 e. The van der Waals surface area contributed by atoms with Crippen molar-refractivity contribution in [3.8, 4) is 0 Å². The molecule has 2 N–H and O–H groups in total. The lowest BCUT2D eigenvalue weighted by molar-refractivity contribution is -0.101. The molecule has 4 amide bonds. The third kappa shape index (κ3) is 2.64. The van der Waals surface area contributed by atoms with E-state index in [2.05, 4.69) is 10.6 Å². The highest BCUT2D eigenvalue weighted by atomic mass is 16.5. The van der Waals surface area contributed by atoms with Crippen LogP contribution in [0, 0.1) is 0 Å². The minimum absolute atomic E-state index is 0.252. The Balaban J connectivity index is 2.33. The third-order valence-corrected chi connectivity index (χ3v) is 3.56. The lowest BCUT2D eigenvalue weighted by atomic mass is 10.1. The Kier molecular flexibility index (Phi) is 4.32. The van der Waals surface area contributed by atoms with Crippen molar-refractivity contribution >= 4 is 12.1 Å². The number of carbonyl (C=O) groups is 2. The number of ether oxygens (including phenoxy) is 1. The number of hydrogen-bond donors (Lipinski definition) is 2. The van der Waals surface area contributed by atoms with Gasteiger partial charge in [0.15, 0.2) is 12.5 Å². The van der Waals surface area contributed by atoms with Crippen molar-refractivity contribution in [3.63, 3.8) is 0 Å². The maximum absolute atomic E-state index is 11.8. The molecule has 0 unspecified atom stereocenters. The maximum Gasteiger partial charge on any atom is 0.319 e. The quantitative estimate of drug-likeness (QED) is 0.861. The van der Waals surface area contributed by atoms with Gasteiger partial charge in [-0.2, -0.15) is 0 Å². The molecule has 1 aromatic carbocycles. The Bertz CT molecular complexity index is 502. The van der Waals surface area contributed by atoms with Gasteiger partial charge in [0.05, 0.1) is 0 Å². The van der Waals surface area contributed by atoms with Crippen molar-refractivity contribution in [2.45, 2.75) is 12.5 Å². The molecule has 2 atom stereocenters. The fourth-order valence-electron chi connectivity index (χ4n) is 2.39. The summed E-state index contributed by atoms with van der Waals surface area (Å²) in [6.45, 7) is 0. The van der Waals surface area contributed by atoms with Gasteiger partial charge in [0.25, 0.3) is 0 Å². The molecule has 1 aliphatic heterocycles. The third-order valence-electron chi connectivity index (χ3n) is 3.56. The van der Waals surface area contributed by atoms with E-state index < -0.39 is 12.5 Å². The van der Waals surface area contributed by atoms with Crippen molar-refractivity contribution < 1.29 is 14.3 Å². The van der Waals surface area contributed by atoms with Crippen LogP contribution in [0.25, 0.3) is 0 Å². The van der Waals surface area contributed by atoms with Gasteiger partial charge in [-0.05, 0) is 0 Å². The normalized spacial score (nSPS) is 19.6. The summed E-state index contributed by atoms with van der Waals surface area (Å²) in [5, 5.41) is 5.13. The zero-order valence-corrected chi connectivity index (χ0v) is 12.6. The van der Waals surface area contributed by atoms with E-state index in [0.29, 0.717) is 0 Å². The average Bonchev–Trinajstić information content (AvgIpc) is 2.91. The van der Waals surface area contributed by atoms with E-state index in [0.717, 1.165) is 11.1 Å². The Hall–Kier alpha value is -2.28. The average molecular weight is 292 g/mol. The molecular formula is C14H20N4O3. The predicted molar refractivity (Wildman–Crippen MR) is 77.4 cm³/mol. The van der Waals surface area contributed by atoms with Gasteiger partial charge < -0.3 is 15.4 Å². The Labute approximate surface area is 123 Å². The molecular weight excluding hydrogens is 272 g/mol. The molecule has 0 bridgehead atoms. The molecule has 1 heterocycles. The maximum atomic E-state index is 11.8. The minimum atomic E-state index is -0.529. The van der Waals surface area contributed by atoms with E-state index in [1.165, 1.54) is 9.80 Å². The highest BCUT2D eigenvalue weighted by molar-refractivity contribution is 5.75. The Morgan fingerprint density at radius 3 is 1.67 bits per heavy atom. The second kappa shape index (κ2) is 6.01. The summed E-state index contributed by atoms with van der Waals surface area (Å²) in [5.41, 5.74) is 1.76. The number of amides is 4. The highest BCUT2D eigenvalue weighted by Gasteiger charge is 2.38. The largest absolute Gasteiger partial charge is 0.341 e. The summed E-state index contributed by atoms with van der Waals surface area (Å²) in [6, 6.07) is 7.06. The lowest BCUT2D eigenvalue weighted by Crippen LogP contribution is -2.40. The monoisotopic (exact) mass is 292 g/mol. The van der Waals surface area contributed by atoms with Crippen LogP contribution in [0.4, 0.5) is 9.59 Å². The molecule has 21 heavy (non-hydrogen) atoms. The Morgan fingerprint density at radius 1 is 0.952 bits per heavy atom. The molecule has 7 nitrogen and oxygen atoms in total. The molecule has 0 fully saturated rings. The molecule has 1 aromatic rings. The van der Waals surface area contributed by atoms with Crippen molar-refractivity contribution in [1.82, 2.24) is 20.4 Å². The van der Waals surface area contributed by atoms with Gasteiger partial charge in [0.1, 0.15) is 0 Å². The summed E-state index contributed by atoms with van der Waals surface area (Å²) < 4.78 is 5.93. The van der Waals surface area contributed by atoms with Gasteiger partial charge in [0.2, 0.25) is 0 Å². The standard InChI is InChI=1S/C14H20N4O3/c1-15-13(19)17(3)11-9-7-5-6-8-10(9)12(21-11)18(4)14(20)16-2/h5-8,11-12H,1-4H3,(H,15,19)(H,16,20)/t11-,12+. The van der Waals surface area contributed by atoms with Gasteiger partial charge in [0, 0.05) is 39.3 Å². The number of rotatable bonds is 2. The van der Waals surface area contributed by atoms with Crippen LogP contribution >= 0.6 is 0 Å². The first-order chi connectivity index (χ1) is 10.0. The summed E-state index contributed by atoms with van der Waals surface area (Å²) >= 11 is 0. The summed E-state index contributed by atoms with van der Waals surface area (Å²) in [5.74, 6) is 0. The van der Waals surface area contributed by atoms with Crippen LogP contribution in [-0.2, 0) is 4.74 Å². The van der Waals surface area contributed by atoms with Crippen LogP contribution in [0.5, 0.6) is 0 Å². The van der Waals surface area contributed by atoms with E-state index in [9.17, 15) is 9.59 Å². The van der Waals surface area contributed by atoms with Crippen LogP contribution in [0.3, 0.4) is 0 Å². The van der Waals surface area contributed by atoms with E-state index >= 15 is 0 Å². The van der Waals surface area contributed by atoms with E-state index in [-0.39, 0.29) is 12.1 Å². The second-order valence-corrected chi connectivity index (χ2v) is 4.80. The molecule has 0 radical (unpaired) electrons. The molecule has 7 heteroatoms. The van der Waals surface area contributed by atoms with Crippen molar-refractivity contribution in [2.24, 2.45) is 0 Å². The number of urea groups is 2. The van der Waals surface area contributed by atoms with Gasteiger partial charge in [-0.1, -0.05) is 24.3 Å². The first-order valence-electron chi connectivity index (χ1n) is 6.64. The molecule has 0 saturated carbocycles.